The van der Waals surface area contributed by atoms with Gasteiger partial charge in [0.15, 0.2) is 16.6 Å². The highest BCUT2D eigenvalue weighted by molar-refractivity contribution is 7.80. The van der Waals surface area contributed by atoms with E-state index in [-0.39, 0.29) is 5.91 Å². The Morgan fingerprint density at radius 1 is 1.27 bits per heavy atom. The van der Waals surface area contributed by atoms with E-state index >= 15 is 0 Å². The second-order valence-corrected chi connectivity index (χ2v) is 5.30. The highest BCUT2D eigenvalue weighted by atomic mass is 32.1. The van der Waals surface area contributed by atoms with Crippen LogP contribution in [0.5, 0.6) is 11.5 Å². The molecule has 6 heteroatoms. The molecule has 0 unspecified atom stereocenters. The second-order valence-electron chi connectivity index (χ2n) is 4.91. The topological polar surface area (TPSA) is 50.8 Å². The number of thiocarbonyl (C=S) groups is 1. The molecule has 0 spiro atoms. The van der Waals surface area contributed by atoms with Gasteiger partial charge in [0.25, 0.3) is 5.91 Å². The molecule has 1 saturated heterocycles. The highest BCUT2D eigenvalue weighted by Gasteiger charge is 2.29. The predicted octanol–water partition coefficient (Wildman–Crippen LogP) is 2.56. The number of carbonyl (C=O) groups excluding carboxylic acids is 1. The lowest BCUT2D eigenvalue weighted by Gasteiger charge is -2.12. The minimum Gasteiger partial charge on any atom is -0.493 e. The van der Waals surface area contributed by atoms with Gasteiger partial charge in [-0.25, -0.2) is 0 Å². The standard InChI is InChI=1S/C16H20N2O3S/c1-4-5-8-18-15(19)12(17-16(18)22)9-11-6-7-13(20-2)14(10-11)21-3/h6-7,9-10H,4-5,8H2,1-3H3,(H,17,22). The molecule has 0 aromatic heterocycles. The molecule has 5 nitrogen and oxygen atoms in total. The van der Waals surface area contributed by atoms with Gasteiger partial charge in [-0.15, -0.1) is 0 Å². The summed E-state index contributed by atoms with van der Waals surface area (Å²) in [5.74, 6) is 1.18. The predicted molar refractivity (Wildman–Crippen MR) is 89.9 cm³/mol. The third-order valence-corrected chi connectivity index (χ3v) is 3.74. The number of nitrogens with zero attached hydrogens (tertiary/aromatic N) is 1. The molecule has 118 valence electrons. The van der Waals surface area contributed by atoms with Crippen molar-refractivity contribution in [2.75, 3.05) is 20.8 Å². The van der Waals surface area contributed by atoms with Crippen LogP contribution in [0.1, 0.15) is 25.3 Å². The number of benzene rings is 1. The van der Waals surface area contributed by atoms with Crippen LogP contribution in [0.2, 0.25) is 0 Å². The second kappa shape index (κ2) is 7.26. The van der Waals surface area contributed by atoms with Crippen molar-refractivity contribution in [2.24, 2.45) is 0 Å². The lowest BCUT2D eigenvalue weighted by Crippen LogP contribution is -2.31. The zero-order chi connectivity index (χ0) is 16.1. The van der Waals surface area contributed by atoms with Crippen molar-refractivity contribution in [3.63, 3.8) is 0 Å². The first-order valence-electron chi connectivity index (χ1n) is 7.17. The molecule has 1 heterocycles. The molecule has 1 amide bonds. The van der Waals surface area contributed by atoms with Gasteiger partial charge in [0.1, 0.15) is 5.70 Å². The Balaban J connectivity index is 2.23. The van der Waals surface area contributed by atoms with Gasteiger partial charge < -0.3 is 14.8 Å². The number of hydrogen-bond acceptors (Lipinski definition) is 4. The van der Waals surface area contributed by atoms with Crippen molar-refractivity contribution >= 4 is 29.3 Å². The monoisotopic (exact) mass is 320 g/mol. The molecule has 0 saturated carbocycles. The maximum Gasteiger partial charge on any atom is 0.276 e. The number of methoxy groups -OCH3 is 2. The number of carbonyl (C=O) groups is 1. The summed E-state index contributed by atoms with van der Waals surface area (Å²) in [4.78, 5) is 14.0. The van der Waals surface area contributed by atoms with Crippen LogP contribution >= 0.6 is 12.2 Å². The van der Waals surface area contributed by atoms with Crippen molar-refractivity contribution in [3.8, 4) is 11.5 Å². The Kier molecular flexibility index (Phi) is 5.38. The summed E-state index contributed by atoms with van der Waals surface area (Å²) in [6, 6.07) is 5.48. The van der Waals surface area contributed by atoms with E-state index < -0.39 is 0 Å². The number of hydrogen-bond donors (Lipinski definition) is 1. The quantitative estimate of drug-likeness (QED) is 0.645. The smallest absolute Gasteiger partial charge is 0.276 e. The molecule has 1 aliphatic heterocycles. The Morgan fingerprint density at radius 3 is 2.64 bits per heavy atom. The van der Waals surface area contributed by atoms with Crippen LogP contribution in [0.25, 0.3) is 6.08 Å². The zero-order valence-corrected chi connectivity index (χ0v) is 13.8. The van der Waals surface area contributed by atoms with Gasteiger partial charge in [-0.3, -0.25) is 9.69 Å². The van der Waals surface area contributed by atoms with Crippen molar-refractivity contribution in [3.05, 3.63) is 29.5 Å². The fraction of sp³-hybridized carbons (Fsp3) is 0.375. The Bertz CT molecular complexity index is 613. The van der Waals surface area contributed by atoms with E-state index in [4.69, 9.17) is 21.7 Å². The molecule has 1 aliphatic rings. The van der Waals surface area contributed by atoms with E-state index in [1.165, 1.54) is 0 Å². The first kappa shape index (κ1) is 16.3. The van der Waals surface area contributed by atoms with Crippen LogP contribution in [-0.2, 0) is 4.79 Å². The molecule has 2 rings (SSSR count). The molecule has 1 aromatic rings. The third kappa shape index (κ3) is 3.39. The maximum atomic E-state index is 12.4. The van der Waals surface area contributed by atoms with E-state index in [0.29, 0.717) is 28.9 Å². The minimum atomic E-state index is -0.0896. The Morgan fingerprint density at radius 2 is 2.00 bits per heavy atom. The summed E-state index contributed by atoms with van der Waals surface area (Å²) in [7, 11) is 3.16. The third-order valence-electron chi connectivity index (χ3n) is 3.42. The average molecular weight is 320 g/mol. The van der Waals surface area contributed by atoms with Crippen molar-refractivity contribution in [1.29, 1.82) is 0 Å². The van der Waals surface area contributed by atoms with Crippen LogP contribution in [0.15, 0.2) is 23.9 Å². The van der Waals surface area contributed by atoms with Gasteiger partial charge in [-0.05, 0) is 42.4 Å². The molecule has 0 bridgehead atoms. The van der Waals surface area contributed by atoms with E-state index in [1.807, 2.05) is 12.1 Å². The highest BCUT2D eigenvalue weighted by Crippen LogP contribution is 2.28. The first-order chi connectivity index (χ1) is 10.6. The molecular weight excluding hydrogens is 300 g/mol. The molecular formula is C16H20N2O3S. The summed E-state index contributed by atoms with van der Waals surface area (Å²) in [6.07, 6.45) is 3.71. The summed E-state index contributed by atoms with van der Waals surface area (Å²) in [5, 5.41) is 3.44. The van der Waals surface area contributed by atoms with Crippen molar-refractivity contribution < 1.29 is 14.3 Å². The van der Waals surface area contributed by atoms with E-state index in [0.717, 1.165) is 18.4 Å². The van der Waals surface area contributed by atoms with Crippen LogP contribution in [0.4, 0.5) is 0 Å². The summed E-state index contributed by atoms with van der Waals surface area (Å²) < 4.78 is 10.5. The van der Waals surface area contributed by atoms with Crippen LogP contribution in [0.3, 0.4) is 0 Å². The van der Waals surface area contributed by atoms with Gasteiger partial charge >= 0.3 is 0 Å². The molecule has 1 N–H and O–H groups in total. The van der Waals surface area contributed by atoms with E-state index in [2.05, 4.69) is 12.2 Å². The van der Waals surface area contributed by atoms with E-state index in [1.54, 1.807) is 31.3 Å². The molecule has 0 aliphatic carbocycles. The van der Waals surface area contributed by atoms with Gasteiger partial charge in [0.2, 0.25) is 0 Å². The SMILES string of the molecule is CCCCN1C(=O)C(=Cc2ccc(OC)c(OC)c2)NC1=S. The summed E-state index contributed by atoms with van der Waals surface area (Å²) in [5.41, 5.74) is 1.32. The number of amides is 1. The number of unbranched alkanes of at least 4 members (excludes halogenated alkanes) is 1. The molecule has 1 fully saturated rings. The van der Waals surface area contributed by atoms with Gasteiger partial charge in [0.05, 0.1) is 14.2 Å². The molecule has 1 aromatic carbocycles. The van der Waals surface area contributed by atoms with Gasteiger partial charge in [0, 0.05) is 6.54 Å². The lowest BCUT2D eigenvalue weighted by molar-refractivity contribution is -0.122. The maximum absolute atomic E-state index is 12.4. The lowest BCUT2D eigenvalue weighted by atomic mass is 10.1. The zero-order valence-electron chi connectivity index (χ0n) is 13.0. The first-order valence-corrected chi connectivity index (χ1v) is 7.58. The normalized spacial score (nSPS) is 16.1. The van der Waals surface area contributed by atoms with Crippen LogP contribution < -0.4 is 14.8 Å². The number of rotatable bonds is 6. The fourth-order valence-corrected chi connectivity index (χ4v) is 2.48. The molecule has 0 atom stereocenters. The summed E-state index contributed by atoms with van der Waals surface area (Å²) >= 11 is 5.22. The minimum absolute atomic E-state index is 0.0896. The van der Waals surface area contributed by atoms with Crippen molar-refractivity contribution in [2.45, 2.75) is 19.8 Å². The average Bonchev–Trinajstić information content (AvgIpc) is 2.79. The summed E-state index contributed by atoms with van der Waals surface area (Å²) in [6.45, 7) is 2.72. The van der Waals surface area contributed by atoms with E-state index in [9.17, 15) is 4.79 Å². The Hall–Kier alpha value is -2.08. The number of ether oxygens (including phenoxy) is 2. The fourth-order valence-electron chi connectivity index (χ4n) is 2.20. The van der Waals surface area contributed by atoms with Crippen LogP contribution in [0, 0.1) is 0 Å². The molecule has 0 radical (unpaired) electrons. The van der Waals surface area contributed by atoms with Gasteiger partial charge in [-0.2, -0.15) is 0 Å². The number of nitrogens with one attached hydrogen (secondary N) is 1. The van der Waals surface area contributed by atoms with Crippen molar-refractivity contribution in [1.82, 2.24) is 10.2 Å². The Labute approximate surface area is 135 Å². The van der Waals surface area contributed by atoms with Gasteiger partial charge in [-0.1, -0.05) is 19.4 Å². The largest absolute Gasteiger partial charge is 0.493 e. The molecule has 22 heavy (non-hydrogen) atoms. The van der Waals surface area contributed by atoms with Crippen LogP contribution in [-0.4, -0.2) is 36.7 Å².